The van der Waals surface area contributed by atoms with Gasteiger partial charge in [0, 0.05) is 17.9 Å². The number of thioether (sulfide) groups is 1. The molecule has 2 aromatic rings. The topological polar surface area (TPSA) is 34.0 Å². The van der Waals surface area contributed by atoms with E-state index in [9.17, 15) is 0 Å². The molecule has 0 bridgehead atoms. The maximum Gasteiger partial charge on any atom is 0.161 e. The number of piperidine rings is 1. The molecule has 0 saturated carbocycles. The molecular weight excluding hydrogens is 292 g/mol. The zero-order valence-corrected chi connectivity index (χ0v) is 14.1. The van der Waals surface area contributed by atoms with Gasteiger partial charge in [-0.3, -0.25) is 9.47 Å². The Morgan fingerprint density at radius 1 is 1.27 bits per heavy atom. The van der Waals surface area contributed by atoms with Gasteiger partial charge in [0.1, 0.15) is 11.3 Å². The van der Waals surface area contributed by atoms with E-state index in [4.69, 9.17) is 4.98 Å². The molecule has 0 radical (unpaired) electrons. The lowest BCUT2D eigenvalue weighted by molar-refractivity contribution is 0.127. The molecule has 0 aliphatic carbocycles. The first-order valence-corrected chi connectivity index (χ1v) is 9.51. The number of likely N-dealkylation sites (tertiary alicyclic amines) is 1. The van der Waals surface area contributed by atoms with Crippen molar-refractivity contribution in [2.24, 2.45) is 0 Å². The van der Waals surface area contributed by atoms with E-state index in [1.54, 1.807) is 0 Å². The van der Waals surface area contributed by atoms with Crippen molar-refractivity contribution in [2.75, 3.05) is 19.3 Å². The zero-order valence-electron chi connectivity index (χ0n) is 13.2. The van der Waals surface area contributed by atoms with E-state index < -0.39 is 0 Å². The first-order chi connectivity index (χ1) is 10.8. The van der Waals surface area contributed by atoms with Crippen molar-refractivity contribution in [1.82, 2.24) is 19.4 Å². The first-order valence-electron chi connectivity index (χ1n) is 8.46. The van der Waals surface area contributed by atoms with Crippen LogP contribution in [0.3, 0.4) is 0 Å². The number of nitrogens with zero attached hydrogens (tertiary/aromatic N) is 4. The molecule has 2 saturated heterocycles. The summed E-state index contributed by atoms with van der Waals surface area (Å²) < 4.78 is 2.44. The Hall–Kier alpha value is -1.07. The van der Waals surface area contributed by atoms with Crippen LogP contribution in [-0.4, -0.2) is 44.0 Å². The summed E-state index contributed by atoms with van der Waals surface area (Å²) in [7, 11) is 2.24. The van der Waals surface area contributed by atoms with Gasteiger partial charge in [-0.15, -0.1) is 0 Å². The minimum absolute atomic E-state index is 0.426. The first kappa shape index (κ1) is 14.5. The van der Waals surface area contributed by atoms with Crippen molar-refractivity contribution in [2.45, 2.75) is 49.9 Å². The molecule has 0 spiro atoms. The Morgan fingerprint density at radius 2 is 2.23 bits per heavy atom. The maximum atomic E-state index is 4.95. The summed E-state index contributed by atoms with van der Waals surface area (Å²) in [4.78, 5) is 12.1. The molecule has 2 aliphatic rings. The van der Waals surface area contributed by atoms with Crippen LogP contribution in [0.15, 0.2) is 18.3 Å². The summed E-state index contributed by atoms with van der Waals surface area (Å²) in [5.74, 6) is 2.55. The molecule has 2 atom stereocenters. The second-order valence-electron chi connectivity index (χ2n) is 6.54. The Balaban J connectivity index is 1.75. The van der Waals surface area contributed by atoms with E-state index in [0.29, 0.717) is 6.17 Å². The van der Waals surface area contributed by atoms with Gasteiger partial charge in [0.25, 0.3) is 0 Å². The Labute approximate surface area is 136 Å². The lowest BCUT2D eigenvalue weighted by Crippen LogP contribution is -2.34. The minimum atomic E-state index is 0.426. The fourth-order valence-corrected chi connectivity index (χ4v) is 5.09. The van der Waals surface area contributed by atoms with Gasteiger partial charge in [-0.05, 0) is 63.6 Å². The largest absolute Gasteiger partial charge is 0.296 e. The van der Waals surface area contributed by atoms with Gasteiger partial charge in [0.05, 0.1) is 6.17 Å². The van der Waals surface area contributed by atoms with E-state index in [1.165, 1.54) is 50.2 Å². The van der Waals surface area contributed by atoms with Crippen LogP contribution < -0.4 is 0 Å². The normalized spacial score (nSPS) is 26.8. The van der Waals surface area contributed by atoms with Crippen molar-refractivity contribution in [1.29, 1.82) is 0 Å². The van der Waals surface area contributed by atoms with Crippen molar-refractivity contribution in [3.8, 4) is 0 Å². The number of imidazole rings is 1. The summed E-state index contributed by atoms with van der Waals surface area (Å²) in [5, 5.41) is 0.740. The molecular formula is C17H24N4S. The van der Waals surface area contributed by atoms with Crippen LogP contribution in [0.5, 0.6) is 0 Å². The third-order valence-corrected chi connectivity index (χ3v) is 6.38. The van der Waals surface area contributed by atoms with E-state index in [-0.39, 0.29) is 0 Å². The fraction of sp³-hybridized carbons (Fsp3) is 0.647. The molecule has 0 N–H and O–H groups in total. The Kier molecular flexibility index (Phi) is 4.09. The summed E-state index contributed by atoms with van der Waals surface area (Å²) >= 11 is 2.12. The number of fused-ring (bicyclic) bond motifs is 1. The summed E-state index contributed by atoms with van der Waals surface area (Å²) in [6, 6.07) is 4.10. The smallest absolute Gasteiger partial charge is 0.161 e. The molecule has 2 aliphatic heterocycles. The highest BCUT2D eigenvalue weighted by Crippen LogP contribution is 2.33. The molecule has 4 heterocycles. The van der Waals surface area contributed by atoms with Crippen molar-refractivity contribution < 1.29 is 0 Å². The summed E-state index contributed by atoms with van der Waals surface area (Å²) in [6.07, 6.45) is 9.93. The average Bonchev–Trinajstić information content (AvgIpc) is 3.16. The van der Waals surface area contributed by atoms with Crippen LogP contribution in [0.2, 0.25) is 0 Å². The van der Waals surface area contributed by atoms with Gasteiger partial charge in [0.15, 0.2) is 5.65 Å². The SMILES string of the molecule is CN1CCCCC1n1c(CC2CCCS2)nc2cccnc21. The predicted molar refractivity (Wildman–Crippen MR) is 92.2 cm³/mol. The van der Waals surface area contributed by atoms with E-state index in [1.807, 2.05) is 12.3 Å². The third-order valence-electron chi connectivity index (χ3n) is 4.99. The molecule has 2 fully saturated rings. The lowest BCUT2D eigenvalue weighted by Gasteiger charge is -2.34. The fourth-order valence-electron chi connectivity index (χ4n) is 3.83. The molecule has 2 unspecified atom stereocenters. The average molecular weight is 316 g/mol. The van der Waals surface area contributed by atoms with Gasteiger partial charge in [0.2, 0.25) is 0 Å². The lowest BCUT2D eigenvalue weighted by atomic mass is 10.1. The van der Waals surface area contributed by atoms with Crippen LogP contribution in [-0.2, 0) is 6.42 Å². The molecule has 0 aromatic carbocycles. The maximum absolute atomic E-state index is 4.95. The number of pyridine rings is 1. The Morgan fingerprint density at radius 3 is 3.05 bits per heavy atom. The number of rotatable bonds is 3. The van der Waals surface area contributed by atoms with Gasteiger partial charge in [-0.1, -0.05) is 0 Å². The molecule has 118 valence electrons. The van der Waals surface area contributed by atoms with Gasteiger partial charge in [-0.25, -0.2) is 9.97 Å². The molecule has 22 heavy (non-hydrogen) atoms. The summed E-state index contributed by atoms with van der Waals surface area (Å²) in [6.45, 7) is 1.18. The second kappa shape index (κ2) is 6.20. The highest BCUT2D eigenvalue weighted by Gasteiger charge is 2.27. The van der Waals surface area contributed by atoms with Crippen molar-refractivity contribution >= 4 is 22.9 Å². The predicted octanol–water partition coefficient (Wildman–Crippen LogP) is 3.48. The molecule has 4 rings (SSSR count). The van der Waals surface area contributed by atoms with E-state index >= 15 is 0 Å². The molecule has 4 nitrogen and oxygen atoms in total. The zero-order chi connectivity index (χ0) is 14.9. The molecule has 5 heteroatoms. The van der Waals surface area contributed by atoms with Gasteiger partial charge >= 0.3 is 0 Å². The van der Waals surface area contributed by atoms with Crippen molar-refractivity contribution in [3.05, 3.63) is 24.2 Å². The van der Waals surface area contributed by atoms with Gasteiger partial charge < -0.3 is 0 Å². The monoisotopic (exact) mass is 316 g/mol. The van der Waals surface area contributed by atoms with Crippen LogP contribution in [0, 0.1) is 0 Å². The summed E-state index contributed by atoms with van der Waals surface area (Å²) in [5.41, 5.74) is 2.12. The van der Waals surface area contributed by atoms with Crippen LogP contribution >= 0.6 is 11.8 Å². The van der Waals surface area contributed by atoms with Crippen molar-refractivity contribution in [3.63, 3.8) is 0 Å². The Bertz CT molecular complexity index is 647. The second-order valence-corrected chi connectivity index (χ2v) is 7.95. The van der Waals surface area contributed by atoms with E-state index in [0.717, 1.165) is 22.8 Å². The molecule has 0 amide bonds. The quantitative estimate of drug-likeness (QED) is 0.868. The highest BCUT2D eigenvalue weighted by atomic mass is 32.2. The van der Waals surface area contributed by atoms with E-state index in [2.05, 4.69) is 39.3 Å². The van der Waals surface area contributed by atoms with Crippen LogP contribution in [0.1, 0.15) is 44.1 Å². The highest BCUT2D eigenvalue weighted by molar-refractivity contribution is 8.00. The molecule has 2 aromatic heterocycles. The third kappa shape index (κ3) is 2.65. The number of hydrogen-bond acceptors (Lipinski definition) is 4. The van der Waals surface area contributed by atoms with Crippen LogP contribution in [0.4, 0.5) is 0 Å². The minimum Gasteiger partial charge on any atom is -0.296 e. The number of hydrogen-bond donors (Lipinski definition) is 0. The number of aromatic nitrogens is 3. The van der Waals surface area contributed by atoms with Crippen LogP contribution in [0.25, 0.3) is 11.2 Å². The van der Waals surface area contributed by atoms with Gasteiger partial charge in [-0.2, -0.15) is 11.8 Å². The standard InChI is InChI=1S/C17H24N4S/c1-20-10-3-2-8-16(20)21-15(12-13-6-5-11-22-13)19-14-7-4-9-18-17(14)21/h4,7,9,13,16H,2-3,5-6,8,10-12H2,1H3.